The Morgan fingerprint density at radius 2 is 2.04 bits per heavy atom. The number of aliphatic carboxylic acids is 1. The third-order valence-corrected chi connectivity index (χ3v) is 4.05. The van der Waals surface area contributed by atoms with Crippen LogP contribution in [0, 0.1) is 0 Å². The number of carbonyl (C=O) groups is 3. The van der Waals surface area contributed by atoms with E-state index in [0.717, 1.165) is 12.8 Å². The molecule has 0 bridgehead atoms. The van der Waals surface area contributed by atoms with Crippen LogP contribution in [0.5, 0.6) is 5.75 Å². The number of benzene rings is 1. The molecule has 0 saturated heterocycles. The van der Waals surface area contributed by atoms with E-state index in [0.29, 0.717) is 24.3 Å². The summed E-state index contributed by atoms with van der Waals surface area (Å²) in [4.78, 5) is 36.2. The second-order valence-corrected chi connectivity index (χ2v) is 6.08. The Balaban J connectivity index is 1.80. The van der Waals surface area contributed by atoms with Gasteiger partial charge in [0.2, 0.25) is 5.91 Å². The zero-order chi connectivity index (χ0) is 17.7. The fourth-order valence-electron chi connectivity index (χ4n) is 2.55. The average molecular weight is 333 g/mol. The maximum Gasteiger partial charge on any atom is 0.326 e. The molecule has 6 nitrogen and oxygen atoms in total. The first-order valence-corrected chi connectivity index (χ1v) is 8.18. The molecule has 1 N–H and O–H groups in total. The van der Waals surface area contributed by atoms with E-state index >= 15 is 0 Å². The van der Waals surface area contributed by atoms with Crippen LogP contribution in [-0.4, -0.2) is 46.4 Å². The van der Waals surface area contributed by atoms with Crippen LogP contribution in [0.1, 0.15) is 49.9 Å². The van der Waals surface area contributed by atoms with Gasteiger partial charge in [-0.25, -0.2) is 4.79 Å². The van der Waals surface area contributed by atoms with Crippen molar-refractivity contribution in [2.75, 3.05) is 6.61 Å². The molecular weight excluding hydrogens is 310 g/mol. The maximum atomic E-state index is 12.3. The minimum atomic E-state index is -0.979. The summed E-state index contributed by atoms with van der Waals surface area (Å²) in [5.41, 5.74) is 0.582. The summed E-state index contributed by atoms with van der Waals surface area (Å²) in [7, 11) is 0. The molecule has 0 radical (unpaired) electrons. The van der Waals surface area contributed by atoms with Gasteiger partial charge < -0.3 is 14.7 Å². The van der Waals surface area contributed by atoms with Crippen molar-refractivity contribution >= 4 is 17.7 Å². The highest BCUT2D eigenvalue weighted by Gasteiger charge is 2.37. The Morgan fingerprint density at radius 1 is 1.33 bits per heavy atom. The fourth-order valence-corrected chi connectivity index (χ4v) is 2.55. The summed E-state index contributed by atoms with van der Waals surface area (Å²) in [6.45, 7) is 3.38. The van der Waals surface area contributed by atoms with E-state index < -0.39 is 12.0 Å². The molecule has 1 aliphatic carbocycles. The lowest BCUT2D eigenvalue weighted by Crippen LogP contribution is -2.44. The number of ketones is 1. The molecule has 1 atom stereocenters. The highest BCUT2D eigenvalue weighted by Crippen LogP contribution is 2.29. The van der Waals surface area contributed by atoms with Gasteiger partial charge in [0.15, 0.2) is 5.78 Å². The van der Waals surface area contributed by atoms with Crippen molar-refractivity contribution in [1.82, 2.24) is 4.90 Å². The number of amides is 1. The molecule has 0 aliphatic heterocycles. The van der Waals surface area contributed by atoms with Gasteiger partial charge in [-0.15, -0.1) is 0 Å². The first-order valence-electron chi connectivity index (χ1n) is 8.18. The largest absolute Gasteiger partial charge is 0.494 e. The van der Waals surface area contributed by atoms with E-state index in [1.54, 1.807) is 31.2 Å². The number of Topliss-reactive ketones (excluding diaryl/α,β-unsaturated/α-hetero) is 1. The Kier molecular flexibility index (Phi) is 5.95. The number of carboxylic acids is 1. The summed E-state index contributed by atoms with van der Waals surface area (Å²) in [5, 5.41) is 9.12. The highest BCUT2D eigenvalue weighted by atomic mass is 16.5. The van der Waals surface area contributed by atoms with E-state index in [1.807, 2.05) is 0 Å². The van der Waals surface area contributed by atoms with E-state index in [-0.39, 0.29) is 24.2 Å². The van der Waals surface area contributed by atoms with Gasteiger partial charge in [-0.3, -0.25) is 9.59 Å². The molecule has 0 spiro atoms. The lowest BCUT2D eigenvalue weighted by Gasteiger charge is -2.26. The summed E-state index contributed by atoms with van der Waals surface area (Å²) in [6, 6.07) is 6.18. The molecule has 1 aromatic carbocycles. The fraction of sp³-hybridized carbons (Fsp3) is 0.500. The third-order valence-electron chi connectivity index (χ3n) is 4.05. The van der Waals surface area contributed by atoms with Crippen molar-refractivity contribution in [3.8, 4) is 5.75 Å². The number of hydrogen-bond acceptors (Lipinski definition) is 4. The standard InChI is InChI=1S/C18H23NO5/c1-12(18(22)23)19(15-8-9-15)17(21)7-4-10-24-16-6-3-5-14(11-16)13(2)20/h3,5-6,11-12,15H,4,7-10H2,1-2H3,(H,22,23). The molecular formula is C18H23NO5. The Hall–Kier alpha value is -2.37. The van der Waals surface area contributed by atoms with Gasteiger partial charge in [0.05, 0.1) is 6.61 Å². The van der Waals surface area contributed by atoms with Gasteiger partial charge in [-0.05, 0) is 45.2 Å². The van der Waals surface area contributed by atoms with Crippen molar-refractivity contribution in [3.05, 3.63) is 29.8 Å². The van der Waals surface area contributed by atoms with Crippen LogP contribution >= 0.6 is 0 Å². The normalized spacial score (nSPS) is 14.8. The molecule has 0 heterocycles. The summed E-state index contributed by atoms with van der Waals surface area (Å²) < 4.78 is 5.57. The second kappa shape index (κ2) is 7.95. The minimum Gasteiger partial charge on any atom is -0.494 e. The monoisotopic (exact) mass is 333 g/mol. The third kappa shape index (κ3) is 4.81. The number of rotatable bonds is 9. The zero-order valence-corrected chi connectivity index (χ0v) is 14.0. The second-order valence-electron chi connectivity index (χ2n) is 6.08. The Labute approximate surface area is 141 Å². The summed E-state index contributed by atoms with van der Waals surface area (Å²) in [6.07, 6.45) is 2.49. The highest BCUT2D eigenvalue weighted by molar-refractivity contribution is 5.94. The van der Waals surface area contributed by atoms with E-state index in [4.69, 9.17) is 9.84 Å². The number of hydrogen-bond donors (Lipinski definition) is 1. The molecule has 2 rings (SSSR count). The van der Waals surface area contributed by atoms with Gasteiger partial charge in [0, 0.05) is 18.0 Å². The van der Waals surface area contributed by atoms with Crippen molar-refractivity contribution in [2.45, 2.75) is 51.6 Å². The van der Waals surface area contributed by atoms with E-state index in [9.17, 15) is 14.4 Å². The molecule has 1 fully saturated rings. The SMILES string of the molecule is CC(=O)c1cccc(OCCCC(=O)N(C2CC2)C(C)C(=O)O)c1. The average Bonchev–Trinajstić information content (AvgIpc) is 3.36. The van der Waals surface area contributed by atoms with Crippen LogP contribution in [0.4, 0.5) is 0 Å². The van der Waals surface area contributed by atoms with Gasteiger partial charge in [-0.1, -0.05) is 12.1 Å². The lowest BCUT2D eigenvalue weighted by molar-refractivity contribution is -0.150. The maximum absolute atomic E-state index is 12.3. The van der Waals surface area contributed by atoms with Crippen molar-refractivity contribution in [1.29, 1.82) is 0 Å². The first kappa shape index (κ1) is 18.0. The Morgan fingerprint density at radius 3 is 2.62 bits per heavy atom. The van der Waals surface area contributed by atoms with Crippen LogP contribution in [0.25, 0.3) is 0 Å². The summed E-state index contributed by atoms with van der Waals surface area (Å²) in [5.74, 6) is -0.563. The molecule has 0 aromatic heterocycles. The predicted octanol–water partition coefficient (Wildman–Crippen LogP) is 2.51. The van der Waals surface area contributed by atoms with Crippen molar-refractivity contribution in [2.24, 2.45) is 0 Å². The van der Waals surface area contributed by atoms with E-state index in [2.05, 4.69) is 0 Å². The molecule has 130 valence electrons. The van der Waals surface area contributed by atoms with Gasteiger partial charge in [-0.2, -0.15) is 0 Å². The van der Waals surface area contributed by atoms with Crippen LogP contribution in [-0.2, 0) is 9.59 Å². The van der Waals surface area contributed by atoms with Crippen LogP contribution in [0.15, 0.2) is 24.3 Å². The van der Waals surface area contributed by atoms with E-state index in [1.165, 1.54) is 11.8 Å². The molecule has 1 aliphatic rings. The van der Waals surface area contributed by atoms with Crippen molar-refractivity contribution < 1.29 is 24.2 Å². The molecule has 1 saturated carbocycles. The first-order chi connectivity index (χ1) is 11.4. The number of carboxylic acid groups (broad SMARTS) is 1. The molecule has 1 unspecified atom stereocenters. The number of nitrogens with zero attached hydrogens (tertiary/aromatic N) is 1. The minimum absolute atomic E-state index is 0.0293. The number of ether oxygens (including phenoxy) is 1. The topological polar surface area (TPSA) is 83.9 Å². The molecule has 6 heteroatoms. The summed E-state index contributed by atoms with van der Waals surface area (Å²) >= 11 is 0. The van der Waals surface area contributed by atoms with Crippen LogP contribution in [0.2, 0.25) is 0 Å². The zero-order valence-electron chi connectivity index (χ0n) is 14.0. The predicted molar refractivity (Wildman–Crippen MR) is 88.1 cm³/mol. The lowest BCUT2D eigenvalue weighted by atomic mass is 10.1. The molecule has 24 heavy (non-hydrogen) atoms. The van der Waals surface area contributed by atoms with Gasteiger partial charge in [0.1, 0.15) is 11.8 Å². The van der Waals surface area contributed by atoms with Crippen LogP contribution < -0.4 is 4.74 Å². The molecule has 1 aromatic rings. The van der Waals surface area contributed by atoms with Gasteiger partial charge >= 0.3 is 5.97 Å². The van der Waals surface area contributed by atoms with Crippen molar-refractivity contribution in [3.63, 3.8) is 0 Å². The van der Waals surface area contributed by atoms with Gasteiger partial charge in [0.25, 0.3) is 0 Å². The number of carbonyl (C=O) groups excluding carboxylic acids is 2. The quantitative estimate of drug-likeness (QED) is 0.554. The van der Waals surface area contributed by atoms with Crippen LogP contribution in [0.3, 0.4) is 0 Å². The smallest absolute Gasteiger partial charge is 0.326 e. The molecule has 1 amide bonds. The Bertz CT molecular complexity index is 624.